The molecule has 1 aliphatic carbocycles. The molecule has 108 valence electrons. The van der Waals surface area contributed by atoms with Crippen molar-refractivity contribution in [2.45, 2.75) is 50.4 Å². The minimum atomic E-state index is -4.07. The number of ether oxygens (including phenoxy) is 1. The van der Waals surface area contributed by atoms with E-state index in [1.165, 1.54) is 7.11 Å². The highest BCUT2D eigenvalue weighted by molar-refractivity contribution is 4.81. The van der Waals surface area contributed by atoms with E-state index in [9.17, 15) is 18.3 Å². The third-order valence-corrected chi connectivity index (χ3v) is 3.41. The highest BCUT2D eigenvalue weighted by Crippen LogP contribution is 2.37. The Kier molecular flexibility index (Phi) is 6.38. The molecular weight excluding hydrogens is 247 g/mol. The molecule has 2 N–H and O–H groups in total. The lowest BCUT2D eigenvalue weighted by Gasteiger charge is -2.31. The van der Waals surface area contributed by atoms with Crippen molar-refractivity contribution >= 4 is 0 Å². The van der Waals surface area contributed by atoms with Gasteiger partial charge >= 0.3 is 6.18 Å². The van der Waals surface area contributed by atoms with Crippen LogP contribution in [0.2, 0.25) is 0 Å². The van der Waals surface area contributed by atoms with Gasteiger partial charge in [0.05, 0.1) is 18.6 Å². The van der Waals surface area contributed by atoms with E-state index in [2.05, 4.69) is 5.32 Å². The smallest absolute Gasteiger partial charge is 0.391 e. The van der Waals surface area contributed by atoms with Gasteiger partial charge < -0.3 is 15.2 Å². The summed E-state index contributed by atoms with van der Waals surface area (Å²) in [4.78, 5) is 0. The normalized spacial score (nSPS) is 27.2. The Bertz CT molecular complexity index is 236. The van der Waals surface area contributed by atoms with Crippen LogP contribution in [0.1, 0.15) is 32.1 Å². The van der Waals surface area contributed by atoms with Crippen LogP contribution < -0.4 is 5.32 Å². The number of aliphatic hydroxyl groups is 1. The van der Waals surface area contributed by atoms with E-state index in [0.717, 1.165) is 6.42 Å². The van der Waals surface area contributed by atoms with Gasteiger partial charge in [-0.15, -0.1) is 0 Å². The van der Waals surface area contributed by atoms with Crippen molar-refractivity contribution in [3.8, 4) is 0 Å². The molecule has 1 saturated carbocycles. The topological polar surface area (TPSA) is 41.5 Å². The van der Waals surface area contributed by atoms with Crippen molar-refractivity contribution in [1.82, 2.24) is 5.32 Å². The number of nitrogens with one attached hydrogen (secondary N) is 1. The number of halogens is 3. The molecule has 0 bridgehead atoms. The average Bonchev–Trinajstić information content (AvgIpc) is 2.29. The molecule has 1 fully saturated rings. The van der Waals surface area contributed by atoms with Crippen LogP contribution in [-0.4, -0.2) is 43.7 Å². The lowest BCUT2D eigenvalue weighted by molar-refractivity contribution is -0.183. The molecule has 0 radical (unpaired) electrons. The number of aliphatic hydroxyl groups excluding tert-OH is 1. The maximum Gasteiger partial charge on any atom is 0.391 e. The predicted octanol–water partition coefficient (Wildman–Crippen LogP) is 2.09. The van der Waals surface area contributed by atoms with Crippen LogP contribution in [0.15, 0.2) is 0 Å². The Morgan fingerprint density at radius 1 is 1.39 bits per heavy atom. The third kappa shape index (κ3) is 5.54. The van der Waals surface area contributed by atoms with Gasteiger partial charge in [-0.25, -0.2) is 0 Å². The predicted molar refractivity (Wildman–Crippen MR) is 62.3 cm³/mol. The van der Waals surface area contributed by atoms with Gasteiger partial charge in [-0.3, -0.25) is 0 Å². The molecule has 0 aromatic rings. The fourth-order valence-corrected chi connectivity index (χ4v) is 2.40. The highest BCUT2D eigenvalue weighted by Gasteiger charge is 2.41. The molecule has 0 amide bonds. The first-order chi connectivity index (χ1) is 8.43. The van der Waals surface area contributed by atoms with Crippen LogP contribution in [0.5, 0.6) is 0 Å². The second-order valence-corrected chi connectivity index (χ2v) is 4.95. The van der Waals surface area contributed by atoms with Crippen molar-refractivity contribution in [3.63, 3.8) is 0 Å². The standard InChI is InChI=1S/C12H22F3NO2/c1-18-8-11(17)5-6-16-10-4-2-3-9(7-10)12(13,14)15/h9-11,16-17H,2-8H2,1H3. The average molecular weight is 269 g/mol. The van der Waals surface area contributed by atoms with Crippen molar-refractivity contribution in [3.05, 3.63) is 0 Å². The van der Waals surface area contributed by atoms with Crippen molar-refractivity contribution < 1.29 is 23.0 Å². The zero-order valence-electron chi connectivity index (χ0n) is 10.7. The summed E-state index contributed by atoms with van der Waals surface area (Å²) in [6, 6.07) is -0.0832. The number of rotatable bonds is 6. The van der Waals surface area contributed by atoms with Gasteiger partial charge in [0, 0.05) is 13.2 Å². The van der Waals surface area contributed by atoms with Crippen molar-refractivity contribution in [2.24, 2.45) is 5.92 Å². The fourth-order valence-electron chi connectivity index (χ4n) is 2.40. The van der Waals surface area contributed by atoms with Gasteiger partial charge in [0.1, 0.15) is 0 Å². The third-order valence-electron chi connectivity index (χ3n) is 3.41. The van der Waals surface area contributed by atoms with E-state index in [4.69, 9.17) is 4.74 Å². The Morgan fingerprint density at radius 3 is 2.72 bits per heavy atom. The van der Waals surface area contributed by atoms with Gasteiger partial charge in [0.15, 0.2) is 0 Å². The maximum atomic E-state index is 12.6. The van der Waals surface area contributed by atoms with E-state index in [1.54, 1.807) is 0 Å². The Labute approximate surface area is 106 Å². The monoisotopic (exact) mass is 269 g/mol. The fraction of sp³-hybridized carbons (Fsp3) is 1.00. The molecule has 0 aromatic carbocycles. The van der Waals surface area contributed by atoms with E-state index < -0.39 is 18.2 Å². The summed E-state index contributed by atoms with van der Waals surface area (Å²) in [7, 11) is 1.51. The molecule has 1 aliphatic rings. The number of hydrogen-bond donors (Lipinski definition) is 2. The van der Waals surface area contributed by atoms with Gasteiger partial charge in [0.2, 0.25) is 0 Å². The summed E-state index contributed by atoms with van der Waals surface area (Å²) in [5, 5.41) is 12.5. The Hall–Kier alpha value is -0.330. The second kappa shape index (κ2) is 7.31. The minimum absolute atomic E-state index is 0.0832. The van der Waals surface area contributed by atoms with E-state index in [-0.39, 0.29) is 25.5 Å². The summed E-state index contributed by atoms with van der Waals surface area (Å²) in [6.07, 6.45) is -2.32. The number of methoxy groups -OCH3 is 1. The number of hydrogen-bond acceptors (Lipinski definition) is 3. The lowest BCUT2D eigenvalue weighted by Crippen LogP contribution is -2.39. The summed E-state index contributed by atoms with van der Waals surface area (Å²) in [6.45, 7) is 0.789. The number of alkyl halides is 3. The quantitative estimate of drug-likeness (QED) is 0.776. The Balaban J connectivity index is 2.22. The largest absolute Gasteiger partial charge is 0.391 e. The van der Waals surface area contributed by atoms with Crippen LogP contribution >= 0.6 is 0 Å². The summed E-state index contributed by atoms with van der Waals surface area (Å²) in [5.41, 5.74) is 0. The first-order valence-corrected chi connectivity index (χ1v) is 6.40. The first kappa shape index (κ1) is 15.7. The molecule has 0 aliphatic heterocycles. The van der Waals surface area contributed by atoms with Gasteiger partial charge in [-0.2, -0.15) is 13.2 Å². The van der Waals surface area contributed by atoms with Crippen LogP contribution in [0.4, 0.5) is 13.2 Å². The van der Waals surface area contributed by atoms with Gasteiger partial charge in [-0.05, 0) is 32.2 Å². The molecule has 18 heavy (non-hydrogen) atoms. The molecule has 3 atom stereocenters. The maximum absolute atomic E-state index is 12.6. The summed E-state index contributed by atoms with van der Waals surface area (Å²) in [5.74, 6) is -1.17. The van der Waals surface area contributed by atoms with Crippen LogP contribution in [-0.2, 0) is 4.74 Å². The molecule has 0 saturated heterocycles. The highest BCUT2D eigenvalue weighted by atomic mass is 19.4. The molecule has 0 spiro atoms. The Morgan fingerprint density at radius 2 is 2.11 bits per heavy atom. The molecule has 3 nitrogen and oxygen atoms in total. The zero-order valence-corrected chi connectivity index (χ0v) is 10.7. The molecular formula is C12H22F3NO2. The minimum Gasteiger partial charge on any atom is -0.391 e. The first-order valence-electron chi connectivity index (χ1n) is 6.40. The molecule has 0 heterocycles. The molecule has 6 heteroatoms. The summed E-state index contributed by atoms with van der Waals surface area (Å²) < 4.78 is 42.5. The van der Waals surface area contributed by atoms with Gasteiger partial charge in [-0.1, -0.05) is 6.42 Å². The van der Waals surface area contributed by atoms with Crippen LogP contribution in [0.25, 0.3) is 0 Å². The molecule has 1 rings (SSSR count). The molecule has 3 unspecified atom stereocenters. The lowest BCUT2D eigenvalue weighted by atomic mass is 9.85. The van der Waals surface area contributed by atoms with Crippen LogP contribution in [0, 0.1) is 5.92 Å². The van der Waals surface area contributed by atoms with Crippen molar-refractivity contribution in [2.75, 3.05) is 20.3 Å². The SMILES string of the molecule is COCC(O)CCNC1CCCC(C(F)(F)F)C1. The van der Waals surface area contributed by atoms with Gasteiger partial charge in [0.25, 0.3) is 0 Å². The zero-order chi connectivity index (χ0) is 13.6. The van der Waals surface area contributed by atoms with E-state index >= 15 is 0 Å². The summed E-state index contributed by atoms with van der Waals surface area (Å²) >= 11 is 0. The van der Waals surface area contributed by atoms with E-state index in [1.807, 2.05) is 0 Å². The molecule has 0 aromatic heterocycles. The second-order valence-electron chi connectivity index (χ2n) is 4.95. The van der Waals surface area contributed by atoms with Crippen molar-refractivity contribution in [1.29, 1.82) is 0 Å². The van der Waals surface area contributed by atoms with Crippen LogP contribution in [0.3, 0.4) is 0 Å². The van der Waals surface area contributed by atoms with E-state index in [0.29, 0.717) is 19.4 Å².